The number of hydrogen-bond acceptors (Lipinski definition) is 1. The Labute approximate surface area is 71.5 Å². The highest BCUT2D eigenvalue weighted by atomic mass is 127. The average Bonchev–Trinajstić information content (AvgIpc) is 1.84. The van der Waals surface area contributed by atoms with E-state index in [2.05, 4.69) is 43.4 Å². The first kappa shape index (κ1) is 9.69. The molecule has 0 bridgehead atoms. The SMILES string of the molecule is CC(C)[C@H](N)C(C)CI. The fourth-order valence-corrected chi connectivity index (χ4v) is 1.35. The number of alkyl halides is 1. The summed E-state index contributed by atoms with van der Waals surface area (Å²) < 4.78 is 1.16. The smallest absolute Gasteiger partial charge is 0.00950 e. The fourth-order valence-electron chi connectivity index (χ4n) is 0.760. The maximum absolute atomic E-state index is 5.87. The first-order valence-electron chi connectivity index (χ1n) is 3.41. The highest BCUT2D eigenvalue weighted by Crippen LogP contribution is 2.11. The predicted molar refractivity (Wildman–Crippen MR) is 50.9 cm³/mol. The van der Waals surface area contributed by atoms with E-state index in [9.17, 15) is 0 Å². The summed E-state index contributed by atoms with van der Waals surface area (Å²) >= 11 is 2.38. The molecule has 0 aliphatic heterocycles. The summed E-state index contributed by atoms with van der Waals surface area (Å²) in [5, 5.41) is 0. The van der Waals surface area contributed by atoms with Gasteiger partial charge in [0.1, 0.15) is 0 Å². The third-order valence-corrected chi connectivity index (χ3v) is 3.06. The molecule has 56 valence electrons. The van der Waals surface area contributed by atoms with E-state index in [0.717, 1.165) is 4.43 Å². The van der Waals surface area contributed by atoms with Crippen LogP contribution in [0, 0.1) is 11.8 Å². The zero-order valence-corrected chi connectivity index (χ0v) is 8.55. The van der Waals surface area contributed by atoms with E-state index in [1.54, 1.807) is 0 Å². The van der Waals surface area contributed by atoms with Crippen molar-refractivity contribution in [2.24, 2.45) is 17.6 Å². The Morgan fingerprint density at radius 1 is 1.33 bits per heavy atom. The van der Waals surface area contributed by atoms with Crippen LogP contribution in [0.3, 0.4) is 0 Å². The number of rotatable bonds is 3. The molecule has 2 atom stereocenters. The highest BCUT2D eigenvalue weighted by molar-refractivity contribution is 14.1. The van der Waals surface area contributed by atoms with E-state index in [1.165, 1.54) is 0 Å². The molecule has 2 N–H and O–H groups in total. The van der Waals surface area contributed by atoms with E-state index in [-0.39, 0.29) is 0 Å². The predicted octanol–water partition coefficient (Wildman–Crippen LogP) is 2.04. The molecule has 9 heavy (non-hydrogen) atoms. The van der Waals surface area contributed by atoms with Crippen LogP contribution in [0.4, 0.5) is 0 Å². The topological polar surface area (TPSA) is 26.0 Å². The summed E-state index contributed by atoms with van der Waals surface area (Å²) in [4.78, 5) is 0. The minimum absolute atomic E-state index is 0.377. The van der Waals surface area contributed by atoms with Crippen LogP contribution in [0.15, 0.2) is 0 Å². The lowest BCUT2D eigenvalue weighted by molar-refractivity contribution is 0.395. The zero-order valence-electron chi connectivity index (χ0n) is 6.39. The maximum Gasteiger partial charge on any atom is 0.00950 e. The van der Waals surface area contributed by atoms with Crippen molar-refractivity contribution in [3.63, 3.8) is 0 Å². The fraction of sp³-hybridized carbons (Fsp3) is 1.00. The first-order chi connectivity index (χ1) is 4.09. The molecule has 0 aromatic rings. The van der Waals surface area contributed by atoms with Crippen molar-refractivity contribution in [2.45, 2.75) is 26.8 Å². The molecule has 0 saturated carbocycles. The van der Waals surface area contributed by atoms with Crippen LogP contribution >= 0.6 is 22.6 Å². The molecule has 0 saturated heterocycles. The Hall–Kier alpha value is 0.690. The Kier molecular flexibility index (Phi) is 4.84. The van der Waals surface area contributed by atoms with Gasteiger partial charge in [-0.1, -0.05) is 43.4 Å². The van der Waals surface area contributed by atoms with Gasteiger partial charge in [-0.25, -0.2) is 0 Å². The molecule has 0 aromatic carbocycles. The summed E-state index contributed by atoms with van der Waals surface area (Å²) in [6.45, 7) is 6.55. The molecule has 0 fully saturated rings. The van der Waals surface area contributed by atoms with E-state index in [1.807, 2.05) is 0 Å². The van der Waals surface area contributed by atoms with E-state index < -0.39 is 0 Å². The molecular weight excluding hydrogens is 225 g/mol. The van der Waals surface area contributed by atoms with Crippen LogP contribution in [-0.4, -0.2) is 10.5 Å². The van der Waals surface area contributed by atoms with Gasteiger partial charge in [-0.05, 0) is 11.8 Å². The lowest BCUT2D eigenvalue weighted by atomic mass is 9.95. The van der Waals surface area contributed by atoms with E-state index >= 15 is 0 Å². The number of hydrogen-bond donors (Lipinski definition) is 1. The van der Waals surface area contributed by atoms with Crippen LogP contribution in [0.5, 0.6) is 0 Å². The molecular formula is C7H16IN. The molecule has 0 aliphatic rings. The molecule has 0 aromatic heterocycles. The molecule has 2 heteroatoms. The van der Waals surface area contributed by atoms with E-state index in [0.29, 0.717) is 17.9 Å². The van der Waals surface area contributed by atoms with Crippen LogP contribution in [0.2, 0.25) is 0 Å². The summed E-state index contributed by atoms with van der Waals surface area (Å²) in [5.41, 5.74) is 5.87. The third kappa shape index (κ3) is 3.40. The van der Waals surface area contributed by atoms with Gasteiger partial charge in [-0.3, -0.25) is 0 Å². The van der Waals surface area contributed by atoms with Gasteiger partial charge in [0, 0.05) is 10.5 Å². The van der Waals surface area contributed by atoms with E-state index in [4.69, 9.17) is 5.73 Å². The second kappa shape index (κ2) is 4.50. The van der Waals surface area contributed by atoms with Gasteiger partial charge in [-0.15, -0.1) is 0 Å². The van der Waals surface area contributed by atoms with Crippen molar-refractivity contribution in [3.8, 4) is 0 Å². The number of halogens is 1. The van der Waals surface area contributed by atoms with Crippen molar-refractivity contribution in [1.29, 1.82) is 0 Å². The van der Waals surface area contributed by atoms with Crippen molar-refractivity contribution in [1.82, 2.24) is 0 Å². The molecule has 0 amide bonds. The van der Waals surface area contributed by atoms with Gasteiger partial charge in [-0.2, -0.15) is 0 Å². The second-order valence-corrected chi connectivity index (χ2v) is 3.83. The van der Waals surface area contributed by atoms with Gasteiger partial charge >= 0.3 is 0 Å². The largest absolute Gasteiger partial charge is 0.327 e. The minimum atomic E-state index is 0.377. The van der Waals surface area contributed by atoms with Crippen LogP contribution in [0.25, 0.3) is 0 Å². The minimum Gasteiger partial charge on any atom is -0.327 e. The van der Waals surface area contributed by atoms with Crippen LogP contribution in [-0.2, 0) is 0 Å². The zero-order chi connectivity index (χ0) is 7.44. The molecule has 0 heterocycles. The molecule has 1 unspecified atom stereocenters. The van der Waals surface area contributed by atoms with Crippen molar-refractivity contribution in [3.05, 3.63) is 0 Å². The van der Waals surface area contributed by atoms with Crippen LogP contribution in [0.1, 0.15) is 20.8 Å². The maximum atomic E-state index is 5.87. The van der Waals surface area contributed by atoms with Crippen molar-refractivity contribution >= 4 is 22.6 Å². The molecule has 1 nitrogen and oxygen atoms in total. The Bertz CT molecular complexity index is 73.3. The standard InChI is InChI=1S/C7H16IN/c1-5(2)7(9)6(3)4-8/h5-7H,4,9H2,1-3H3/t6?,7-/m0/s1. The van der Waals surface area contributed by atoms with Gasteiger partial charge in [0.2, 0.25) is 0 Å². The molecule has 0 rings (SSSR count). The average molecular weight is 241 g/mol. The monoisotopic (exact) mass is 241 g/mol. The van der Waals surface area contributed by atoms with Crippen molar-refractivity contribution in [2.75, 3.05) is 4.43 Å². The number of nitrogens with two attached hydrogens (primary N) is 1. The van der Waals surface area contributed by atoms with Gasteiger partial charge in [0.05, 0.1) is 0 Å². The third-order valence-electron chi connectivity index (χ3n) is 1.67. The van der Waals surface area contributed by atoms with Gasteiger partial charge in [0.25, 0.3) is 0 Å². The first-order valence-corrected chi connectivity index (χ1v) is 4.93. The Morgan fingerprint density at radius 3 is 1.89 bits per heavy atom. The summed E-state index contributed by atoms with van der Waals surface area (Å²) in [5.74, 6) is 1.28. The lowest BCUT2D eigenvalue weighted by Gasteiger charge is -2.20. The highest BCUT2D eigenvalue weighted by Gasteiger charge is 2.13. The molecule has 0 aliphatic carbocycles. The van der Waals surface area contributed by atoms with Crippen LogP contribution < -0.4 is 5.73 Å². The quantitative estimate of drug-likeness (QED) is 0.593. The van der Waals surface area contributed by atoms with Gasteiger partial charge in [0.15, 0.2) is 0 Å². The summed E-state index contributed by atoms with van der Waals surface area (Å²) in [6.07, 6.45) is 0. The van der Waals surface area contributed by atoms with Crippen molar-refractivity contribution < 1.29 is 0 Å². The molecule has 0 radical (unpaired) electrons. The summed E-state index contributed by atoms with van der Waals surface area (Å²) in [6, 6.07) is 0.377. The Balaban J connectivity index is 3.58. The Morgan fingerprint density at radius 2 is 1.78 bits per heavy atom. The summed E-state index contributed by atoms with van der Waals surface area (Å²) in [7, 11) is 0. The second-order valence-electron chi connectivity index (χ2n) is 2.95. The normalized spacial score (nSPS) is 18.0. The van der Waals surface area contributed by atoms with Gasteiger partial charge < -0.3 is 5.73 Å². The lowest BCUT2D eigenvalue weighted by Crippen LogP contribution is -2.34. The molecule has 0 spiro atoms.